The lowest BCUT2D eigenvalue weighted by atomic mass is 10.1. The van der Waals surface area contributed by atoms with Crippen molar-refractivity contribution in [1.82, 2.24) is 14.9 Å². The third-order valence-electron chi connectivity index (χ3n) is 5.23. The van der Waals surface area contributed by atoms with E-state index in [2.05, 4.69) is 24.7 Å². The molecule has 0 radical (unpaired) electrons. The van der Waals surface area contributed by atoms with E-state index in [0.29, 0.717) is 11.3 Å². The van der Waals surface area contributed by atoms with E-state index >= 15 is 0 Å². The van der Waals surface area contributed by atoms with Crippen LogP contribution in [0.1, 0.15) is 36.0 Å². The Labute approximate surface area is 184 Å². The summed E-state index contributed by atoms with van der Waals surface area (Å²) in [7, 11) is -2.48. The van der Waals surface area contributed by atoms with Gasteiger partial charge in [0.15, 0.2) is 5.82 Å². The van der Waals surface area contributed by atoms with E-state index in [4.69, 9.17) is 4.74 Å². The second-order valence-electron chi connectivity index (χ2n) is 7.45. The number of anilines is 1. The normalized spacial score (nSPS) is 14.4. The number of H-pyrrole nitrogens is 1. The Morgan fingerprint density at radius 1 is 1.19 bits per heavy atom. The van der Waals surface area contributed by atoms with Crippen molar-refractivity contribution < 1.29 is 22.5 Å². The van der Waals surface area contributed by atoms with Crippen molar-refractivity contribution in [2.45, 2.75) is 36.6 Å². The van der Waals surface area contributed by atoms with E-state index < -0.39 is 21.7 Å². The lowest BCUT2D eigenvalue weighted by Crippen LogP contribution is -2.33. The number of methoxy groups -OCH3 is 1. The molecule has 1 heterocycles. The topological polar surface area (TPSA) is 143 Å². The van der Waals surface area contributed by atoms with Crippen molar-refractivity contribution in [3.05, 3.63) is 58.6 Å². The van der Waals surface area contributed by atoms with Crippen molar-refractivity contribution in [1.29, 1.82) is 0 Å². The average molecular weight is 458 g/mol. The number of hydrogen-bond acceptors (Lipinski definition) is 7. The maximum Gasteiger partial charge on any atom is 0.439 e. The molecule has 0 saturated heterocycles. The Morgan fingerprint density at radius 2 is 1.97 bits per heavy atom. The number of benzene rings is 2. The fourth-order valence-electron chi connectivity index (χ4n) is 3.66. The van der Waals surface area contributed by atoms with Crippen molar-refractivity contribution in [3.63, 3.8) is 0 Å². The van der Waals surface area contributed by atoms with Gasteiger partial charge in [0, 0.05) is 22.9 Å². The van der Waals surface area contributed by atoms with Gasteiger partial charge in [-0.2, -0.15) is 0 Å². The van der Waals surface area contributed by atoms with Crippen LogP contribution < -0.4 is 20.5 Å². The quantitative estimate of drug-likeness (QED) is 0.493. The van der Waals surface area contributed by atoms with Crippen molar-refractivity contribution in [2.24, 2.45) is 0 Å². The Hall–Kier alpha value is -3.44. The first kappa shape index (κ1) is 21.8. The van der Waals surface area contributed by atoms with Crippen LogP contribution in [0.3, 0.4) is 0 Å². The van der Waals surface area contributed by atoms with Gasteiger partial charge in [-0.05, 0) is 43.2 Å². The van der Waals surface area contributed by atoms with Crippen LogP contribution >= 0.6 is 0 Å². The first-order valence-corrected chi connectivity index (χ1v) is 11.5. The number of ether oxygens (including phenoxy) is 1. The molecule has 1 aromatic heterocycles. The molecule has 168 valence electrons. The summed E-state index contributed by atoms with van der Waals surface area (Å²) in [4.78, 5) is 26.3. The van der Waals surface area contributed by atoms with E-state index in [1.54, 1.807) is 24.3 Å². The van der Waals surface area contributed by atoms with Crippen LogP contribution in [0.15, 0.2) is 56.7 Å². The highest BCUT2D eigenvalue weighted by molar-refractivity contribution is 7.89. The van der Waals surface area contributed by atoms with Crippen LogP contribution in [0.4, 0.5) is 5.69 Å². The van der Waals surface area contributed by atoms with E-state index in [-0.39, 0.29) is 28.1 Å². The standard InChI is InChI=1S/C21H22N4O6S/c1-30-17-10-9-14(12-18(17)32(28,29)25-15-6-2-3-7-15)20(26)22-16-8-4-5-13(11-16)19-23-21(27)31-24-19/h4-5,8-12,15,25H,2-3,6-7H2,1H3,(H,22,26)(H,23,24,27). The third-order valence-corrected chi connectivity index (χ3v) is 6.77. The summed E-state index contributed by atoms with van der Waals surface area (Å²) >= 11 is 0. The number of aromatic amines is 1. The minimum absolute atomic E-state index is 0.0894. The molecular weight excluding hydrogens is 436 g/mol. The summed E-state index contributed by atoms with van der Waals surface area (Å²) in [5.41, 5.74) is 1.12. The number of hydrogen-bond donors (Lipinski definition) is 3. The molecule has 3 aromatic rings. The second kappa shape index (κ2) is 8.97. The molecule has 10 nitrogen and oxygen atoms in total. The molecule has 2 aromatic carbocycles. The summed E-state index contributed by atoms with van der Waals surface area (Å²) < 4.78 is 38.3. The summed E-state index contributed by atoms with van der Waals surface area (Å²) in [6.45, 7) is 0. The van der Waals surface area contributed by atoms with Gasteiger partial charge < -0.3 is 10.1 Å². The molecule has 1 aliphatic carbocycles. The van der Waals surface area contributed by atoms with Gasteiger partial charge in [-0.15, -0.1) is 0 Å². The molecule has 1 amide bonds. The van der Waals surface area contributed by atoms with Crippen molar-refractivity contribution >= 4 is 21.6 Å². The molecule has 0 spiro atoms. The molecule has 0 bridgehead atoms. The number of nitrogens with one attached hydrogen (secondary N) is 3. The number of aromatic nitrogens is 2. The van der Waals surface area contributed by atoms with Gasteiger partial charge in [0.25, 0.3) is 5.91 Å². The predicted octanol–water partition coefficient (Wildman–Crippen LogP) is 2.51. The lowest BCUT2D eigenvalue weighted by Gasteiger charge is -2.16. The Bertz CT molecular complexity index is 1290. The first-order chi connectivity index (χ1) is 15.4. The molecule has 0 atom stereocenters. The van der Waals surface area contributed by atoms with Crippen molar-refractivity contribution in [3.8, 4) is 17.1 Å². The average Bonchev–Trinajstić information content (AvgIpc) is 3.45. The molecule has 1 saturated carbocycles. The number of amides is 1. The SMILES string of the molecule is COc1ccc(C(=O)Nc2cccc(-c3noc(=O)[nH]3)c2)cc1S(=O)(=O)NC1CCCC1. The molecule has 0 aliphatic heterocycles. The summed E-state index contributed by atoms with van der Waals surface area (Å²) in [6, 6.07) is 10.7. The molecular formula is C21H22N4O6S. The van der Waals surface area contributed by atoms with Crippen LogP contribution in [0.25, 0.3) is 11.4 Å². The number of rotatable bonds is 7. The summed E-state index contributed by atoms with van der Waals surface area (Å²) in [6.07, 6.45) is 3.53. The second-order valence-corrected chi connectivity index (χ2v) is 9.13. The molecule has 1 aliphatic rings. The fourth-order valence-corrected chi connectivity index (χ4v) is 5.16. The van der Waals surface area contributed by atoms with E-state index in [0.717, 1.165) is 25.7 Å². The number of sulfonamides is 1. The predicted molar refractivity (Wildman–Crippen MR) is 116 cm³/mol. The molecule has 0 unspecified atom stereocenters. The summed E-state index contributed by atoms with van der Waals surface area (Å²) in [5, 5.41) is 6.34. The number of nitrogens with zero attached hydrogens (tertiary/aromatic N) is 1. The monoisotopic (exact) mass is 458 g/mol. The van der Waals surface area contributed by atoms with Crippen LogP contribution in [0, 0.1) is 0 Å². The zero-order chi connectivity index (χ0) is 22.7. The zero-order valence-electron chi connectivity index (χ0n) is 17.3. The molecule has 4 rings (SSSR count). The van der Waals surface area contributed by atoms with Gasteiger partial charge in [-0.3, -0.25) is 14.3 Å². The van der Waals surface area contributed by atoms with Gasteiger partial charge in [0.2, 0.25) is 10.0 Å². The third kappa shape index (κ3) is 4.73. The Kier molecular flexibility index (Phi) is 6.10. The van der Waals surface area contributed by atoms with E-state index in [1.807, 2.05) is 0 Å². The van der Waals surface area contributed by atoms with Gasteiger partial charge in [-0.1, -0.05) is 30.1 Å². The van der Waals surface area contributed by atoms with E-state index in [9.17, 15) is 18.0 Å². The van der Waals surface area contributed by atoms with Crippen LogP contribution in [0.5, 0.6) is 5.75 Å². The van der Waals surface area contributed by atoms with Gasteiger partial charge in [0.1, 0.15) is 10.6 Å². The first-order valence-electron chi connectivity index (χ1n) is 10.0. The molecule has 1 fully saturated rings. The number of carbonyl (C=O) groups excluding carboxylic acids is 1. The van der Waals surface area contributed by atoms with Crippen molar-refractivity contribution in [2.75, 3.05) is 12.4 Å². The Morgan fingerprint density at radius 3 is 2.66 bits per heavy atom. The van der Waals surface area contributed by atoms with Gasteiger partial charge in [0.05, 0.1) is 7.11 Å². The van der Waals surface area contributed by atoms with Crippen LogP contribution in [-0.4, -0.2) is 37.6 Å². The smallest absolute Gasteiger partial charge is 0.439 e. The maximum atomic E-state index is 12.9. The Balaban J connectivity index is 1.58. The van der Waals surface area contributed by atoms with Gasteiger partial charge in [-0.25, -0.2) is 17.9 Å². The van der Waals surface area contributed by atoms with Crippen LogP contribution in [0.2, 0.25) is 0 Å². The lowest BCUT2D eigenvalue weighted by molar-refractivity contribution is 0.102. The van der Waals surface area contributed by atoms with E-state index in [1.165, 1.54) is 25.3 Å². The minimum Gasteiger partial charge on any atom is -0.495 e. The highest BCUT2D eigenvalue weighted by Gasteiger charge is 2.26. The molecule has 3 N–H and O–H groups in total. The fraction of sp³-hybridized carbons (Fsp3) is 0.286. The van der Waals surface area contributed by atoms with Crippen LogP contribution in [-0.2, 0) is 10.0 Å². The highest BCUT2D eigenvalue weighted by atomic mass is 32.2. The molecule has 32 heavy (non-hydrogen) atoms. The minimum atomic E-state index is -3.86. The molecule has 11 heteroatoms. The number of carbonyl (C=O) groups is 1. The maximum absolute atomic E-state index is 12.9. The summed E-state index contributed by atoms with van der Waals surface area (Å²) in [5.74, 6) is -0.811. The van der Waals surface area contributed by atoms with Gasteiger partial charge >= 0.3 is 5.76 Å². The largest absolute Gasteiger partial charge is 0.495 e. The zero-order valence-corrected chi connectivity index (χ0v) is 18.1. The highest BCUT2D eigenvalue weighted by Crippen LogP contribution is 2.28.